The monoisotopic (exact) mass is 238 g/mol. The minimum absolute atomic E-state index is 0.167. The highest BCUT2D eigenvalue weighted by molar-refractivity contribution is 5.78. The molecule has 0 aromatic carbocycles. The fourth-order valence-electron chi connectivity index (χ4n) is 3.55. The summed E-state index contributed by atoms with van der Waals surface area (Å²) >= 11 is 0. The van der Waals surface area contributed by atoms with Crippen LogP contribution in [0.3, 0.4) is 0 Å². The maximum Gasteiger partial charge on any atom is 0.222 e. The molecular weight excluding hydrogens is 212 g/mol. The molecule has 0 bridgehead atoms. The van der Waals surface area contributed by atoms with Gasteiger partial charge in [-0.3, -0.25) is 4.79 Å². The van der Waals surface area contributed by atoms with Crippen molar-refractivity contribution in [3.05, 3.63) is 0 Å². The van der Waals surface area contributed by atoms with Gasteiger partial charge in [0.1, 0.15) is 0 Å². The van der Waals surface area contributed by atoms with Crippen molar-refractivity contribution < 1.29 is 4.79 Å². The van der Waals surface area contributed by atoms with Crippen LogP contribution >= 0.6 is 0 Å². The average molecular weight is 238 g/mol. The third kappa shape index (κ3) is 2.82. The van der Waals surface area contributed by atoms with Gasteiger partial charge in [-0.25, -0.2) is 0 Å². The number of nitrogens with one attached hydrogen (secondary N) is 1. The second-order valence-electron chi connectivity index (χ2n) is 6.10. The van der Waals surface area contributed by atoms with Crippen molar-refractivity contribution in [3.63, 3.8) is 0 Å². The van der Waals surface area contributed by atoms with Crippen molar-refractivity contribution in [1.29, 1.82) is 0 Å². The predicted octanol–water partition coefficient (Wildman–Crippen LogP) is 1.91. The molecule has 0 saturated heterocycles. The Morgan fingerprint density at radius 2 is 2.18 bits per heavy atom. The molecule has 0 aliphatic heterocycles. The third-order valence-corrected chi connectivity index (χ3v) is 4.71. The summed E-state index contributed by atoms with van der Waals surface area (Å²) in [6.07, 6.45) is 5.79. The first-order valence-electron chi connectivity index (χ1n) is 7.15. The molecule has 0 radical (unpaired) electrons. The summed E-state index contributed by atoms with van der Waals surface area (Å²) in [6, 6.07) is 0.444. The molecule has 98 valence electrons. The summed E-state index contributed by atoms with van der Waals surface area (Å²) in [5, 5.41) is 3.11. The molecule has 5 atom stereocenters. The first-order valence-corrected chi connectivity index (χ1v) is 7.15. The molecule has 3 N–H and O–H groups in total. The normalized spacial score (nSPS) is 37.1. The van der Waals surface area contributed by atoms with Crippen LogP contribution in [-0.4, -0.2) is 18.5 Å². The van der Waals surface area contributed by atoms with Gasteiger partial charge in [-0.05, 0) is 43.4 Å². The van der Waals surface area contributed by atoms with Gasteiger partial charge in [0.2, 0.25) is 5.91 Å². The molecule has 2 aliphatic rings. The van der Waals surface area contributed by atoms with E-state index in [1.54, 1.807) is 0 Å². The van der Waals surface area contributed by atoms with E-state index in [-0.39, 0.29) is 11.8 Å². The van der Waals surface area contributed by atoms with E-state index >= 15 is 0 Å². The number of hydrogen-bond acceptors (Lipinski definition) is 2. The Bertz CT molecular complexity index is 279. The van der Waals surface area contributed by atoms with E-state index < -0.39 is 0 Å². The number of rotatable bonds is 5. The molecule has 2 rings (SSSR count). The average Bonchev–Trinajstić information content (AvgIpc) is 2.63. The predicted molar refractivity (Wildman–Crippen MR) is 69.4 cm³/mol. The fourth-order valence-corrected chi connectivity index (χ4v) is 3.55. The van der Waals surface area contributed by atoms with Gasteiger partial charge in [0.25, 0.3) is 0 Å². The molecule has 3 nitrogen and oxygen atoms in total. The number of carbonyl (C=O) groups excluding carboxylic acids is 1. The standard InChI is InChI=1S/C14H26N2O/c1-3-4-9(2)14(17)16-8-10-5-11-7-13(15)12(11)6-10/h9-13H,3-8,15H2,1-2H3,(H,16,17). The van der Waals surface area contributed by atoms with Crippen LogP contribution in [0.1, 0.15) is 46.0 Å². The lowest BCUT2D eigenvalue weighted by atomic mass is 9.72. The van der Waals surface area contributed by atoms with Crippen LogP contribution in [0.25, 0.3) is 0 Å². The summed E-state index contributed by atoms with van der Waals surface area (Å²) in [7, 11) is 0. The Morgan fingerprint density at radius 1 is 1.41 bits per heavy atom. The van der Waals surface area contributed by atoms with E-state index in [1.807, 2.05) is 6.92 Å². The van der Waals surface area contributed by atoms with Gasteiger partial charge < -0.3 is 11.1 Å². The summed E-state index contributed by atoms with van der Waals surface area (Å²) in [4.78, 5) is 11.8. The highest BCUT2D eigenvalue weighted by Crippen LogP contribution is 2.48. The Labute approximate surface area is 105 Å². The quantitative estimate of drug-likeness (QED) is 0.768. The lowest BCUT2D eigenvalue weighted by Crippen LogP contribution is -2.44. The van der Waals surface area contributed by atoms with Crippen LogP contribution in [0.2, 0.25) is 0 Å². The summed E-state index contributed by atoms with van der Waals surface area (Å²) in [6.45, 7) is 5.01. The van der Waals surface area contributed by atoms with E-state index in [9.17, 15) is 4.79 Å². The summed E-state index contributed by atoms with van der Waals surface area (Å²) in [5.41, 5.74) is 5.98. The van der Waals surface area contributed by atoms with Crippen LogP contribution in [0.15, 0.2) is 0 Å². The first-order chi connectivity index (χ1) is 8.11. The van der Waals surface area contributed by atoms with Gasteiger partial charge in [0.15, 0.2) is 0 Å². The van der Waals surface area contributed by atoms with Gasteiger partial charge in [-0.15, -0.1) is 0 Å². The van der Waals surface area contributed by atoms with E-state index in [0.717, 1.165) is 31.2 Å². The number of carbonyl (C=O) groups is 1. The number of hydrogen-bond donors (Lipinski definition) is 2. The van der Waals surface area contributed by atoms with Crippen LogP contribution in [0.5, 0.6) is 0 Å². The molecule has 0 spiro atoms. The molecule has 1 amide bonds. The number of fused-ring (bicyclic) bond motifs is 1. The topological polar surface area (TPSA) is 55.1 Å². The zero-order chi connectivity index (χ0) is 12.4. The Hall–Kier alpha value is -0.570. The van der Waals surface area contributed by atoms with Gasteiger partial charge in [-0.2, -0.15) is 0 Å². The minimum Gasteiger partial charge on any atom is -0.356 e. The van der Waals surface area contributed by atoms with Crippen LogP contribution < -0.4 is 11.1 Å². The van der Waals surface area contributed by atoms with Gasteiger partial charge >= 0.3 is 0 Å². The molecule has 0 aromatic rings. The van der Waals surface area contributed by atoms with E-state index in [4.69, 9.17) is 5.73 Å². The second kappa shape index (κ2) is 5.38. The largest absolute Gasteiger partial charge is 0.356 e. The molecule has 5 unspecified atom stereocenters. The summed E-state index contributed by atoms with van der Waals surface area (Å²) in [5.74, 6) is 2.69. The second-order valence-corrected chi connectivity index (χ2v) is 6.10. The van der Waals surface area contributed by atoms with Gasteiger partial charge in [-0.1, -0.05) is 20.3 Å². The van der Waals surface area contributed by atoms with E-state index in [2.05, 4.69) is 12.2 Å². The highest BCUT2D eigenvalue weighted by atomic mass is 16.1. The third-order valence-electron chi connectivity index (χ3n) is 4.71. The number of nitrogens with two attached hydrogens (primary N) is 1. The molecule has 2 aliphatic carbocycles. The molecule has 2 saturated carbocycles. The number of amides is 1. The summed E-state index contributed by atoms with van der Waals surface area (Å²) < 4.78 is 0. The lowest BCUT2D eigenvalue weighted by molar-refractivity contribution is -0.124. The van der Waals surface area contributed by atoms with Crippen molar-refractivity contribution in [2.75, 3.05) is 6.54 Å². The van der Waals surface area contributed by atoms with Crippen molar-refractivity contribution in [1.82, 2.24) is 5.32 Å². The Kier molecular flexibility index (Phi) is 4.08. The van der Waals surface area contributed by atoms with E-state index in [0.29, 0.717) is 12.0 Å². The minimum atomic E-state index is 0.167. The molecule has 17 heavy (non-hydrogen) atoms. The highest BCUT2D eigenvalue weighted by Gasteiger charge is 2.45. The molecule has 3 heteroatoms. The van der Waals surface area contributed by atoms with Crippen LogP contribution in [0, 0.1) is 23.7 Å². The first kappa shape index (κ1) is 12.9. The molecule has 0 heterocycles. The van der Waals surface area contributed by atoms with Crippen LogP contribution in [-0.2, 0) is 4.79 Å². The smallest absolute Gasteiger partial charge is 0.222 e. The van der Waals surface area contributed by atoms with Gasteiger partial charge in [0.05, 0.1) is 0 Å². The van der Waals surface area contributed by atoms with Crippen molar-refractivity contribution in [3.8, 4) is 0 Å². The van der Waals surface area contributed by atoms with Crippen molar-refractivity contribution >= 4 is 5.91 Å². The van der Waals surface area contributed by atoms with Crippen LogP contribution in [0.4, 0.5) is 0 Å². The Balaban J connectivity index is 1.67. The molecular formula is C14H26N2O. The fraction of sp³-hybridized carbons (Fsp3) is 0.929. The van der Waals surface area contributed by atoms with Crippen molar-refractivity contribution in [2.24, 2.45) is 29.4 Å². The lowest BCUT2D eigenvalue weighted by Gasteiger charge is -2.37. The molecule has 2 fully saturated rings. The zero-order valence-corrected chi connectivity index (χ0v) is 11.1. The maximum absolute atomic E-state index is 11.8. The molecule has 0 aromatic heterocycles. The van der Waals surface area contributed by atoms with Gasteiger partial charge in [0, 0.05) is 18.5 Å². The maximum atomic E-state index is 11.8. The zero-order valence-electron chi connectivity index (χ0n) is 11.1. The van der Waals surface area contributed by atoms with E-state index in [1.165, 1.54) is 19.3 Å². The SMILES string of the molecule is CCCC(C)C(=O)NCC1CC2CC(N)C2C1. The Morgan fingerprint density at radius 3 is 2.76 bits per heavy atom. The van der Waals surface area contributed by atoms with Crippen molar-refractivity contribution in [2.45, 2.75) is 52.0 Å².